The number of hydrogen-bond donors (Lipinski definition) is 0. The third kappa shape index (κ3) is 1.98. The number of rotatable bonds is 1. The predicted molar refractivity (Wildman–Crippen MR) is 75.8 cm³/mol. The van der Waals surface area contributed by atoms with Crippen LogP contribution in [0.4, 0.5) is 0 Å². The van der Waals surface area contributed by atoms with Gasteiger partial charge < -0.3 is 0 Å². The summed E-state index contributed by atoms with van der Waals surface area (Å²) >= 11 is 13.5. The van der Waals surface area contributed by atoms with E-state index in [9.17, 15) is 5.26 Å². The van der Waals surface area contributed by atoms with Gasteiger partial charge in [-0.2, -0.15) is 14.9 Å². The largest absolute Gasteiger partial charge is 0.216 e. The lowest BCUT2D eigenvalue weighted by molar-refractivity contribution is 0.931. The Bertz CT molecular complexity index is 828. The van der Waals surface area contributed by atoms with Gasteiger partial charge in [0, 0.05) is 10.6 Å². The quantitative estimate of drug-likeness (QED) is 0.684. The Morgan fingerprint density at radius 3 is 2.84 bits per heavy atom. The molecule has 0 aliphatic carbocycles. The first-order chi connectivity index (χ1) is 9.10. The highest BCUT2D eigenvalue weighted by Crippen LogP contribution is 2.33. The van der Waals surface area contributed by atoms with Crippen molar-refractivity contribution in [2.75, 3.05) is 0 Å². The van der Waals surface area contributed by atoms with Crippen molar-refractivity contribution in [3.8, 4) is 17.3 Å². The van der Waals surface area contributed by atoms with Crippen LogP contribution in [-0.4, -0.2) is 14.6 Å². The van der Waals surface area contributed by atoms with Gasteiger partial charge in [0.05, 0.1) is 5.02 Å². The normalized spacial score (nSPS) is 10.8. The highest BCUT2D eigenvalue weighted by atomic mass is 35.5. The van der Waals surface area contributed by atoms with Gasteiger partial charge in [0.2, 0.25) is 4.96 Å². The second-order valence-corrected chi connectivity index (χ2v) is 5.86. The Kier molecular flexibility index (Phi) is 2.94. The predicted octanol–water partition coefficient (Wildman–Crippen LogP) is 3.94. The molecule has 0 spiro atoms. The fraction of sp³-hybridized carbons (Fsp3) is 0.0833. The van der Waals surface area contributed by atoms with Gasteiger partial charge in [0.15, 0.2) is 5.69 Å². The molecule has 0 fully saturated rings. The molecule has 0 amide bonds. The van der Waals surface area contributed by atoms with Gasteiger partial charge >= 0.3 is 0 Å². The zero-order valence-electron chi connectivity index (χ0n) is 9.69. The van der Waals surface area contributed by atoms with Crippen LogP contribution < -0.4 is 0 Å². The Balaban J connectivity index is 2.30. The number of nitriles is 1. The van der Waals surface area contributed by atoms with E-state index in [2.05, 4.69) is 16.2 Å². The second-order valence-electron chi connectivity index (χ2n) is 3.86. The molecular weight excluding hydrogens is 303 g/mol. The summed E-state index contributed by atoms with van der Waals surface area (Å²) in [7, 11) is 0. The van der Waals surface area contributed by atoms with E-state index in [1.807, 2.05) is 6.92 Å². The van der Waals surface area contributed by atoms with Crippen LogP contribution in [0, 0.1) is 18.3 Å². The van der Waals surface area contributed by atoms with Crippen molar-refractivity contribution in [2.45, 2.75) is 6.92 Å². The summed E-state index contributed by atoms with van der Waals surface area (Å²) in [4.78, 5) is 5.11. The van der Waals surface area contributed by atoms with E-state index in [0.29, 0.717) is 32.0 Å². The van der Waals surface area contributed by atoms with E-state index in [-0.39, 0.29) is 0 Å². The number of aryl methyl sites for hydroxylation is 1. The number of hydrogen-bond acceptors (Lipinski definition) is 4. The molecule has 94 valence electrons. The van der Waals surface area contributed by atoms with E-state index in [4.69, 9.17) is 23.2 Å². The van der Waals surface area contributed by atoms with Crippen LogP contribution in [0.25, 0.3) is 16.2 Å². The Morgan fingerprint density at radius 2 is 2.16 bits per heavy atom. The number of aromatic nitrogens is 3. The van der Waals surface area contributed by atoms with Crippen LogP contribution in [-0.2, 0) is 0 Å². The van der Waals surface area contributed by atoms with Crippen LogP contribution in [0.15, 0.2) is 18.2 Å². The van der Waals surface area contributed by atoms with Gasteiger partial charge in [0.1, 0.15) is 16.8 Å². The van der Waals surface area contributed by atoms with Gasteiger partial charge in [0.25, 0.3) is 0 Å². The SMILES string of the molecule is Cc1nn2c(C#N)c(-c3ccc(Cl)cc3Cl)nc2s1. The molecule has 0 saturated carbocycles. The summed E-state index contributed by atoms with van der Waals surface area (Å²) in [5, 5.41) is 15.4. The smallest absolute Gasteiger partial charge is 0.213 e. The Morgan fingerprint density at radius 1 is 1.37 bits per heavy atom. The summed E-state index contributed by atoms with van der Waals surface area (Å²) in [6, 6.07) is 7.23. The Hall–Kier alpha value is -1.61. The van der Waals surface area contributed by atoms with Gasteiger partial charge in [-0.15, -0.1) is 0 Å². The van der Waals surface area contributed by atoms with Crippen molar-refractivity contribution < 1.29 is 0 Å². The van der Waals surface area contributed by atoms with Crippen molar-refractivity contribution in [3.05, 3.63) is 38.9 Å². The molecule has 0 atom stereocenters. The van der Waals surface area contributed by atoms with Gasteiger partial charge in [-0.05, 0) is 25.1 Å². The van der Waals surface area contributed by atoms with Crippen molar-refractivity contribution in [1.29, 1.82) is 5.26 Å². The third-order valence-electron chi connectivity index (χ3n) is 2.60. The molecule has 0 radical (unpaired) electrons. The number of nitrogens with zero attached hydrogens (tertiary/aromatic N) is 4. The molecule has 2 heterocycles. The first-order valence-electron chi connectivity index (χ1n) is 5.32. The lowest BCUT2D eigenvalue weighted by Crippen LogP contribution is -1.91. The van der Waals surface area contributed by atoms with Crippen LogP contribution in [0.1, 0.15) is 10.7 Å². The molecule has 19 heavy (non-hydrogen) atoms. The molecule has 0 aliphatic rings. The van der Waals surface area contributed by atoms with Crippen molar-refractivity contribution >= 4 is 39.5 Å². The molecule has 0 N–H and O–H groups in total. The maximum Gasteiger partial charge on any atom is 0.213 e. The van der Waals surface area contributed by atoms with E-state index in [1.165, 1.54) is 11.3 Å². The number of fused-ring (bicyclic) bond motifs is 1. The van der Waals surface area contributed by atoms with Crippen molar-refractivity contribution in [3.63, 3.8) is 0 Å². The molecule has 2 aromatic heterocycles. The standard InChI is InChI=1S/C12H6Cl2N4S/c1-6-17-18-10(5-15)11(16-12(18)19-6)8-3-2-7(13)4-9(8)14/h2-4H,1H3. The summed E-state index contributed by atoms with van der Waals surface area (Å²) in [6.45, 7) is 1.87. The maximum absolute atomic E-state index is 9.31. The molecule has 0 unspecified atom stereocenters. The summed E-state index contributed by atoms with van der Waals surface area (Å²) in [6.07, 6.45) is 0. The molecule has 0 aliphatic heterocycles. The Labute approximate surface area is 122 Å². The summed E-state index contributed by atoms with van der Waals surface area (Å²) < 4.78 is 1.54. The average molecular weight is 309 g/mol. The molecular formula is C12H6Cl2N4S. The van der Waals surface area contributed by atoms with Crippen LogP contribution >= 0.6 is 34.5 Å². The first-order valence-corrected chi connectivity index (χ1v) is 6.89. The number of halogens is 2. The third-order valence-corrected chi connectivity index (χ3v) is 3.97. The van der Waals surface area contributed by atoms with Gasteiger partial charge in [-0.1, -0.05) is 34.5 Å². The topological polar surface area (TPSA) is 54.0 Å². The molecule has 7 heteroatoms. The molecule has 0 bridgehead atoms. The van der Waals surface area contributed by atoms with Crippen LogP contribution in [0.2, 0.25) is 10.0 Å². The highest BCUT2D eigenvalue weighted by molar-refractivity contribution is 7.16. The second kappa shape index (κ2) is 4.49. The van der Waals surface area contributed by atoms with Crippen LogP contribution in [0.5, 0.6) is 0 Å². The fourth-order valence-corrected chi connectivity index (χ4v) is 3.05. The molecule has 3 rings (SSSR count). The minimum Gasteiger partial charge on any atom is -0.216 e. The molecule has 1 aromatic carbocycles. The monoisotopic (exact) mass is 308 g/mol. The fourth-order valence-electron chi connectivity index (χ4n) is 1.81. The molecule has 4 nitrogen and oxygen atoms in total. The van der Waals surface area contributed by atoms with E-state index in [0.717, 1.165) is 5.01 Å². The zero-order valence-corrected chi connectivity index (χ0v) is 12.0. The zero-order chi connectivity index (χ0) is 13.6. The minimum absolute atomic E-state index is 0.378. The molecule has 3 aromatic rings. The van der Waals surface area contributed by atoms with Gasteiger partial charge in [-0.25, -0.2) is 4.98 Å². The van der Waals surface area contributed by atoms with Crippen molar-refractivity contribution in [2.24, 2.45) is 0 Å². The number of imidazole rings is 1. The minimum atomic E-state index is 0.378. The lowest BCUT2D eigenvalue weighted by Gasteiger charge is -2.01. The maximum atomic E-state index is 9.31. The first kappa shape index (κ1) is 12.4. The summed E-state index contributed by atoms with van der Waals surface area (Å²) in [5.41, 5.74) is 1.59. The van der Waals surface area contributed by atoms with Crippen LogP contribution in [0.3, 0.4) is 0 Å². The van der Waals surface area contributed by atoms with Gasteiger partial charge in [-0.3, -0.25) is 0 Å². The summed E-state index contributed by atoms with van der Waals surface area (Å²) in [5.74, 6) is 0. The number of benzene rings is 1. The van der Waals surface area contributed by atoms with E-state index < -0.39 is 0 Å². The van der Waals surface area contributed by atoms with E-state index in [1.54, 1.807) is 22.7 Å². The molecule has 0 saturated heterocycles. The highest BCUT2D eigenvalue weighted by Gasteiger charge is 2.18. The van der Waals surface area contributed by atoms with Crippen molar-refractivity contribution in [1.82, 2.24) is 14.6 Å². The lowest BCUT2D eigenvalue weighted by atomic mass is 10.1. The average Bonchev–Trinajstić information content (AvgIpc) is 2.84. The van der Waals surface area contributed by atoms with E-state index >= 15 is 0 Å².